The van der Waals surface area contributed by atoms with E-state index in [1.165, 1.54) is 68.4 Å². The maximum absolute atomic E-state index is 14.0. The molecule has 8 heterocycles. The molecule has 1 unspecified atom stereocenters. The van der Waals surface area contributed by atoms with Crippen LogP contribution in [0.5, 0.6) is 0 Å². The van der Waals surface area contributed by atoms with Gasteiger partial charge in [0.05, 0.1) is 58.5 Å². The number of hydrogen-bond acceptors (Lipinski definition) is 16. The van der Waals surface area contributed by atoms with E-state index in [1.54, 1.807) is 47.4 Å². The van der Waals surface area contributed by atoms with E-state index in [4.69, 9.17) is 58.0 Å². The van der Waals surface area contributed by atoms with Gasteiger partial charge in [0, 0.05) is 225 Å². The van der Waals surface area contributed by atoms with E-state index in [0.717, 1.165) is 146 Å². The number of amides is 4. The smallest absolute Gasteiger partial charge is 0.416 e. The van der Waals surface area contributed by atoms with Crippen LogP contribution < -0.4 is 21.3 Å². The zero-order valence-electron chi connectivity index (χ0n) is 85.6. The lowest BCUT2D eigenvalue weighted by atomic mass is 9.75. The molecule has 15 rings (SSSR count). The Kier molecular flexibility index (Phi) is 42.6. The van der Waals surface area contributed by atoms with Crippen molar-refractivity contribution in [2.75, 3.05) is 131 Å². The summed E-state index contributed by atoms with van der Waals surface area (Å²) in [6.45, 7) is 24.7. The number of rotatable bonds is 34. The summed E-state index contributed by atoms with van der Waals surface area (Å²) in [7, 11) is 0. The van der Waals surface area contributed by atoms with Crippen LogP contribution in [0.25, 0.3) is 0 Å². The fraction of sp³-hybridized carbons (Fsp3) is 0.670. The van der Waals surface area contributed by atoms with Gasteiger partial charge < -0.3 is 51.5 Å². The molecular weight excluding hydrogens is 2020 g/mol. The molecule has 24 nitrogen and oxygen atoms in total. The van der Waals surface area contributed by atoms with Crippen molar-refractivity contribution in [3.63, 3.8) is 0 Å². The van der Waals surface area contributed by atoms with Gasteiger partial charge in [0.1, 0.15) is 6.17 Å². The van der Waals surface area contributed by atoms with Gasteiger partial charge in [-0.1, -0.05) is 153 Å². The minimum atomic E-state index is -4.59. The number of alkyl halides is 9. The Hall–Kier alpha value is -7.38. The first kappa shape index (κ1) is 118. The lowest BCUT2D eigenvalue weighted by Gasteiger charge is -2.38. The van der Waals surface area contributed by atoms with Gasteiger partial charge in [-0.15, -0.1) is 0 Å². The number of nitrogens with zero attached hydrogens (tertiary/aromatic N) is 8. The molecular formula is C109H150Cl5F9N12O12. The van der Waals surface area contributed by atoms with Crippen LogP contribution in [0.4, 0.5) is 39.5 Å². The summed E-state index contributed by atoms with van der Waals surface area (Å²) < 4.78 is 123. The van der Waals surface area contributed by atoms with Gasteiger partial charge >= 0.3 is 36.2 Å². The molecule has 4 aromatic carbocycles. The Labute approximate surface area is 884 Å². The average Bonchev–Trinajstić information content (AvgIpc) is 1.64. The highest BCUT2D eigenvalue weighted by molar-refractivity contribution is 6.36. The van der Waals surface area contributed by atoms with Gasteiger partial charge in [0.15, 0.2) is 0 Å². The predicted octanol–water partition coefficient (Wildman–Crippen LogP) is 20.3. The SMILES string of the molecule is CCCC(F)CN1CCC(NC(=O)[C@]2(CC(=O)O)CN(Cc3c(Cl)cccc3C(F)(F)F)C[C@@H]2C)CC1.C[C@H]1CN(Cc2c(Cl)cccc2C(F)(F)F)C[C@@]1(CC(=O)O)C(=O)NC1CCN(CC2=CCCCC2)CC1.C[C@H]1CN(Cc2c(Cl)cccc2Cl)C[C@@]1(CC(=O)O)C(=O)NC1CCN(CC2CCC(F)(F)CC2)CC1.Cc1cccc(Cl)c1CN1C[C@H](C)[C@](CC(=O)O)(C(=O)NC2CCN(CC3=CCCCC3)CC2)C1. The first-order valence-corrected chi connectivity index (χ1v) is 54.6. The largest absolute Gasteiger partial charge is 0.481 e. The van der Waals surface area contributed by atoms with Crippen molar-refractivity contribution < 1.29 is 98.3 Å². The molecule has 9 atom stereocenters. The predicted molar refractivity (Wildman–Crippen MR) is 552 cm³/mol. The van der Waals surface area contributed by atoms with Crippen LogP contribution in [0.1, 0.15) is 241 Å². The quantitative estimate of drug-likeness (QED) is 0.0159. The molecule has 8 N–H and O–H groups in total. The Bertz CT molecular complexity index is 5160. The number of nitrogens with one attached hydrogen (secondary N) is 4. The minimum absolute atomic E-state index is 0.00316. The van der Waals surface area contributed by atoms with E-state index in [2.05, 4.69) is 57.9 Å². The zero-order chi connectivity index (χ0) is 107. The number of piperidine rings is 4. The van der Waals surface area contributed by atoms with Crippen LogP contribution in [-0.2, 0) is 76.9 Å². The molecule has 0 spiro atoms. The molecule has 1 saturated carbocycles. The number of aryl methyl sites for hydroxylation is 1. The molecule has 816 valence electrons. The van der Waals surface area contributed by atoms with Crippen molar-refractivity contribution in [2.45, 2.75) is 283 Å². The number of allylic oxidation sites excluding steroid dienone is 2. The monoisotopic (exact) mass is 2160 g/mol. The number of hydrogen-bond donors (Lipinski definition) is 8. The van der Waals surface area contributed by atoms with Gasteiger partial charge in [0.25, 0.3) is 0 Å². The highest BCUT2D eigenvalue weighted by Gasteiger charge is 2.57. The third-order valence-corrected chi connectivity index (χ3v) is 34.9. The van der Waals surface area contributed by atoms with Crippen LogP contribution >= 0.6 is 58.0 Å². The molecule has 4 amide bonds. The lowest BCUT2D eigenvalue weighted by molar-refractivity contribution is -0.147. The van der Waals surface area contributed by atoms with Crippen LogP contribution in [-0.4, -0.2) is 274 Å². The summed E-state index contributed by atoms with van der Waals surface area (Å²) >= 11 is 31.5. The van der Waals surface area contributed by atoms with E-state index in [-0.39, 0.29) is 146 Å². The molecule has 0 radical (unpaired) electrons. The second kappa shape index (κ2) is 53.0. The van der Waals surface area contributed by atoms with Gasteiger partial charge in [-0.2, -0.15) is 26.3 Å². The first-order valence-electron chi connectivity index (χ1n) is 52.7. The van der Waals surface area contributed by atoms with E-state index < -0.39 is 99.4 Å². The number of carboxylic acid groups (broad SMARTS) is 4. The highest BCUT2D eigenvalue weighted by atomic mass is 35.5. The number of carbonyl (C=O) groups is 8. The Morgan fingerprint density at radius 3 is 0.993 bits per heavy atom. The van der Waals surface area contributed by atoms with E-state index in [1.807, 2.05) is 50.8 Å². The zero-order valence-corrected chi connectivity index (χ0v) is 89.4. The van der Waals surface area contributed by atoms with Crippen molar-refractivity contribution in [1.29, 1.82) is 0 Å². The summed E-state index contributed by atoms with van der Waals surface area (Å²) in [5, 5.41) is 53.1. The van der Waals surface area contributed by atoms with Crippen molar-refractivity contribution in [1.82, 2.24) is 60.5 Å². The number of halogens is 14. The maximum Gasteiger partial charge on any atom is 0.416 e. The average molecular weight is 2170 g/mol. The van der Waals surface area contributed by atoms with Crippen LogP contribution in [0, 0.1) is 58.2 Å². The van der Waals surface area contributed by atoms with E-state index in [0.29, 0.717) is 119 Å². The second-order valence-electron chi connectivity index (χ2n) is 44.0. The Balaban J connectivity index is 0.000000174. The molecule has 0 aromatic heterocycles. The highest BCUT2D eigenvalue weighted by Crippen LogP contribution is 2.49. The van der Waals surface area contributed by atoms with Gasteiger partial charge in [-0.05, 0) is 223 Å². The van der Waals surface area contributed by atoms with Crippen LogP contribution in [0.15, 0.2) is 96.1 Å². The number of aliphatic carboxylic acids is 4. The van der Waals surface area contributed by atoms with Crippen LogP contribution in [0.2, 0.25) is 25.1 Å². The molecule has 11 aliphatic rings. The van der Waals surface area contributed by atoms with Crippen molar-refractivity contribution >= 4 is 106 Å². The van der Waals surface area contributed by atoms with Crippen molar-refractivity contribution in [2.24, 2.45) is 51.2 Å². The Morgan fingerprint density at radius 2 is 0.687 bits per heavy atom. The summed E-state index contributed by atoms with van der Waals surface area (Å²) in [6, 6.07) is 18.3. The molecule has 9 fully saturated rings. The van der Waals surface area contributed by atoms with E-state index in [9.17, 15) is 98.3 Å². The second-order valence-corrected chi connectivity index (χ2v) is 46.0. The number of carbonyl (C=O) groups excluding carboxylic acids is 4. The van der Waals surface area contributed by atoms with Crippen molar-refractivity contribution in [3.8, 4) is 0 Å². The number of benzene rings is 4. The normalized spacial score (nSPS) is 26.2. The molecule has 0 bridgehead atoms. The summed E-state index contributed by atoms with van der Waals surface area (Å²) in [4.78, 5) is 119. The third-order valence-electron chi connectivity index (χ3n) is 33.1. The molecule has 38 heteroatoms. The lowest BCUT2D eigenvalue weighted by Crippen LogP contribution is -2.53. The summed E-state index contributed by atoms with van der Waals surface area (Å²) in [5.74, 6) is -8.34. The van der Waals surface area contributed by atoms with Gasteiger partial charge in [-0.25, -0.2) is 13.2 Å². The molecule has 8 saturated heterocycles. The van der Waals surface area contributed by atoms with Gasteiger partial charge in [0.2, 0.25) is 29.6 Å². The molecule has 147 heavy (non-hydrogen) atoms. The van der Waals surface area contributed by atoms with E-state index >= 15 is 0 Å². The third kappa shape index (κ3) is 32.2. The fourth-order valence-corrected chi connectivity index (χ4v) is 25.7. The number of likely N-dealkylation sites (tertiary alicyclic amines) is 8. The maximum atomic E-state index is 14.0. The first-order chi connectivity index (χ1) is 69.6. The topological polar surface area (TPSA) is 292 Å². The van der Waals surface area contributed by atoms with Gasteiger partial charge in [-0.3, -0.25) is 67.8 Å². The fourth-order valence-electron chi connectivity index (χ4n) is 24.4. The summed E-state index contributed by atoms with van der Waals surface area (Å²) in [6.07, 6.45) is 12.0. The molecule has 3 aliphatic carbocycles. The minimum Gasteiger partial charge on any atom is -0.481 e. The van der Waals surface area contributed by atoms with Crippen LogP contribution in [0.3, 0.4) is 0 Å². The molecule has 8 aliphatic heterocycles. The number of carboxylic acids is 4. The standard InChI is InChI=1S/C28H37ClF3N3O3.C28H40ClN3O3.C27H37Cl2F2N3O3.C26H36ClF4N3O3/c1-19-15-35(17-22-23(28(30,31)32)8-5-9-24(22)29)18-27(19,14-25(36)37)26(38)33-21-10-12-34(13-11-21)16-20-6-3-2-4-7-20;1-20-7-6-10-25(29)24(20)18-32-16-21(2)28(19-32,15-26(33)34)27(35)30-23-11-13-31(14-12-23)17-22-8-4-3-5-9-22;1-18-14-34(16-21-22(28)3-2-4-23(21)29)17-26(18,13-24(35)36)25(37)32-20-7-11-33(12-8-20)15-19-5-9-27(30,31)10-6-19;1-3-5-18(28)14-33-10-8-19(9-11-33)32-24(37)25(12-23(35)36)16-34(13-17(25)2)15-20-21(26(29,30)31)6-4-7-22(20)27/h5-6,8-9,19,21H,2-4,7,10-18H2,1H3,(H,33,38)(H,36,37);6-8,10,21,23H,3-5,9,11-19H2,1-2H3,(H,30,35)(H,33,34);2-4,18-20H,5-17H2,1H3,(H,32,37)(H,35,36);4,6-7,17-19H,3,5,8-16H2,1-2H3,(H,32,37)(H,35,36)/t19-,27+;21-,28+;18-,26+;17-,18?,25+/m0000/s1. The Morgan fingerprint density at radius 1 is 0.395 bits per heavy atom. The van der Waals surface area contributed by atoms with Crippen molar-refractivity contribution in [3.05, 3.63) is 160 Å². The molecule has 4 aromatic rings. The summed E-state index contributed by atoms with van der Waals surface area (Å²) in [5.41, 5.74) is -0.272.